The summed E-state index contributed by atoms with van der Waals surface area (Å²) in [5.74, 6) is -0.133. The van der Waals surface area contributed by atoms with E-state index in [-0.39, 0.29) is 5.97 Å². The Bertz CT molecular complexity index is 291. The molecule has 2 rings (SSSR count). The molecule has 0 aliphatic carbocycles. The van der Waals surface area contributed by atoms with Crippen LogP contribution < -0.4 is 5.32 Å². The lowest BCUT2D eigenvalue weighted by atomic mass is 9.92. The predicted molar refractivity (Wildman–Crippen MR) is 66.8 cm³/mol. The number of methoxy groups -OCH3 is 1. The Morgan fingerprint density at radius 2 is 2.18 bits per heavy atom. The van der Waals surface area contributed by atoms with E-state index in [1.807, 2.05) is 13.8 Å². The Kier molecular flexibility index (Phi) is 3.73. The molecule has 2 aliphatic heterocycles. The Morgan fingerprint density at radius 3 is 2.88 bits per heavy atom. The second-order valence-electron chi connectivity index (χ2n) is 5.90. The highest BCUT2D eigenvalue weighted by Gasteiger charge is 2.38. The van der Waals surface area contributed by atoms with Crippen LogP contribution in [-0.4, -0.2) is 49.7 Å². The lowest BCUT2D eigenvalue weighted by molar-refractivity contribution is -0.150. The fourth-order valence-corrected chi connectivity index (χ4v) is 3.06. The van der Waals surface area contributed by atoms with Crippen molar-refractivity contribution in [3.63, 3.8) is 0 Å². The van der Waals surface area contributed by atoms with Crippen molar-refractivity contribution >= 4 is 5.97 Å². The first-order valence-corrected chi connectivity index (χ1v) is 6.60. The molecule has 17 heavy (non-hydrogen) atoms. The molecule has 2 atom stereocenters. The van der Waals surface area contributed by atoms with Gasteiger partial charge in [0.25, 0.3) is 0 Å². The monoisotopic (exact) mass is 240 g/mol. The molecule has 2 saturated heterocycles. The highest BCUT2D eigenvalue weighted by Crippen LogP contribution is 2.28. The van der Waals surface area contributed by atoms with Crippen LogP contribution in [0.4, 0.5) is 0 Å². The molecule has 0 aromatic rings. The number of nitrogens with one attached hydrogen (secondary N) is 1. The molecule has 0 bridgehead atoms. The standard InChI is InChI=1S/C13H24N2O2/c1-13(2,12(16)17-3)9-14-10-6-8-15-7-4-5-11(10)15/h10-11,14H,4-9H2,1-3H3. The molecule has 1 N–H and O–H groups in total. The normalized spacial score (nSPS) is 29.4. The summed E-state index contributed by atoms with van der Waals surface area (Å²) in [5.41, 5.74) is -0.430. The van der Waals surface area contributed by atoms with Gasteiger partial charge in [-0.3, -0.25) is 9.69 Å². The first-order valence-electron chi connectivity index (χ1n) is 6.60. The number of fused-ring (bicyclic) bond motifs is 1. The number of esters is 1. The number of carbonyl (C=O) groups is 1. The minimum atomic E-state index is -0.430. The van der Waals surface area contributed by atoms with Crippen molar-refractivity contribution in [1.29, 1.82) is 0 Å². The molecule has 98 valence electrons. The molecular weight excluding hydrogens is 216 g/mol. The van der Waals surface area contributed by atoms with Gasteiger partial charge in [-0.2, -0.15) is 0 Å². The fraction of sp³-hybridized carbons (Fsp3) is 0.923. The number of ether oxygens (including phenoxy) is 1. The van der Waals surface area contributed by atoms with Crippen LogP contribution in [0.1, 0.15) is 33.1 Å². The average Bonchev–Trinajstić information content (AvgIpc) is 2.87. The highest BCUT2D eigenvalue weighted by molar-refractivity contribution is 5.76. The van der Waals surface area contributed by atoms with Crippen LogP contribution in [0, 0.1) is 5.41 Å². The zero-order valence-corrected chi connectivity index (χ0v) is 11.2. The van der Waals surface area contributed by atoms with Gasteiger partial charge in [0.15, 0.2) is 0 Å². The van der Waals surface area contributed by atoms with Crippen LogP contribution >= 0.6 is 0 Å². The van der Waals surface area contributed by atoms with E-state index in [9.17, 15) is 4.79 Å². The van der Waals surface area contributed by atoms with Gasteiger partial charge in [0.2, 0.25) is 0 Å². The van der Waals surface area contributed by atoms with Gasteiger partial charge in [-0.25, -0.2) is 0 Å². The van der Waals surface area contributed by atoms with Gasteiger partial charge in [-0.05, 0) is 39.7 Å². The van der Waals surface area contributed by atoms with Gasteiger partial charge >= 0.3 is 5.97 Å². The molecule has 2 aliphatic rings. The van der Waals surface area contributed by atoms with Gasteiger partial charge in [0, 0.05) is 25.2 Å². The first kappa shape index (κ1) is 12.8. The summed E-state index contributed by atoms with van der Waals surface area (Å²) in [6.45, 7) is 7.04. The predicted octanol–water partition coefficient (Wildman–Crippen LogP) is 1.01. The summed E-state index contributed by atoms with van der Waals surface area (Å²) in [6.07, 6.45) is 3.83. The minimum absolute atomic E-state index is 0.133. The number of nitrogens with zero attached hydrogens (tertiary/aromatic N) is 1. The van der Waals surface area contributed by atoms with Crippen LogP contribution in [-0.2, 0) is 9.53 Å². The molecule has 2 fully saturated rings. The molecule has 0 saturated carbocycles. The second-order valence-corrected chi connectivity index (χ2v) is 5.90. The third kappa shape index (κ3) is 2.63. The van der Waals surface area contributed by atoms with Crippen molar-refractivity contribution in [2.24, 2.45) is 5.41 Å². The maximum atomic E-state index is 11.6. The van der Waals surface area contributed by atoms with Crippen LogP contribution in [0.15, 0.2) is 0 Å². The lowest BCUT2D eigenvalue weighted by Crippen LogP contribution is -2.45. The van der Waals surface area contributed by atoms with Gasteiger partial charge in [-0.1, -0.05) is 0 Å². The molecule has 0 radical (unpaired) electrons. The molecule has 0 spiro atoms. The van der Waals surface area contributed by atoms with Crippen LogP contribution in [0.5, 0.6) is 0 Å². The first-order chi connectivity index (χ1) is 8.04. The number of rotatable bonds is 4. The number of hydrogen-bond acceptors (Lipinski definition) is 4. The molecular formula is C13H24N2O2. The molecule has 2 unspecified atom stereocenters. The van der Waals surface area contributed by atoms with Gasteiger partial charge in [-0.15, -0.1) is 0 Å². The Balaban J connectivity index is 1.84. The second kappa shape index (κ2) is 4.94. The maximum Gasteiger partial charge on any atom is 0.312 e. The number of carbonyl (C=O) groups excluding carboxylic acids is 1. The summed E-state index contributed by atoms with van der Waals surface area (Å²) < 4.78 is 4.83. The smallest absolute Gasteiger partial charge is 0.312 e. The zero-order valence-electron chi connectivity index (χ0n) is 11.2. The molecule has 2 heterocycles. The SMILES string of the molecule is COC(=O)C(C)(C)CNC1CCN2CCCC12. The van der Waals surface area contributed by atoms with Crippen molar-refractivity contribution in [3.05, 3.63) is 0 Å². The van der Waals surface area contributed by atoms with Crippen molar-refractivity contribution in [2.75, 3.05) is 26.7 Å². The summed E-state index contributed by atoms with van der Waals surface area (Å²) in [6, 6.07) is 1.25. The fourth-order valence-electron chi connectivity index (χ4n) is 3.06. The molecule has 4 nitrogen and oxygen atoms in total. The molecule has 0 aromatic heterocycles. The van der Waals surface area contributed by atoms with Gasteiger partial charge in [0.05, 0.1) is 12.5 Å². The van der Waals surface area contributed by atoms with Crippen molar-refractivity contribution in [3.8, 4) is 0 Å². The van der Waals surface area contributed by atoms with E-state index in [2.05, 4.69) is 10.2 Å². The molecule has 0 amide bonds. The highest BCUT2D eigenvalue weighted by atomic mass is 16.5. The summed E-state index contributed by atoms with van der Waals surface area (Å²) in [5, 5.41) is 3.57. The van der Waals surface area contributed by atoms with E-state index in [1.165, 1.54) is 39.5 Å². The zero-order chi connectivity index (χ0) is 12.5. The Morgan fingerprint density at radius 1 is 1.41 bits per heavy atom. The Labute approximate surface area is 104 Å². The summed E-state index contributed by atoms with van der Waals surface area (Å²) in [7, 11) is 1.46. The maximum absolute atomic E-state index is 11.6. The van der Waals surface area contributed by atoms with Crippen molar-refractivity contribution in [2.45, 2.75) is 45.2 Å². The van der Waals surface area contributed by atoms with E-state index in [4.69, 9.17) is 4.74 Å². The van der Waals surface area contributed by atoms with Gasteiger partial charge < -0.3 is 10.1 Å². The lowest BCUT2D eigenvalue weighted by Gasteiger charge is -2.27. The third-order valence-electron chi connectivity index (χ3n) is 4.15. The van der Waals surface area contributed by atoms with Crippen molar-refractivity contribution < 1.29 is 9.53 Å². The summed E-state index contributed by atoms with van der Waals surface area (Å²) >= 11 is 0. The Hall–Kier alpha value is -0.610. The van der Waals surface area contributed by atoms with E-state index in [1.54, 1.807) is 0 Å². The van der Waals surface area contributed by atoms with E-state index in [0.717, 1.165) is 0 Å². The molecule has 0 aromatic carbocycles. The van der Waals surface area contributed by atoms with Crippen molar-refractivity contribution in [1.82, 2.24) is 10.2 Å². The average molecular weight is 240 g/mol. The van der Waals surface area contributed by atoms with Crippen LogP contribution in [0.3, 0.4) is 0 Å². The van der Waals surface area contributed by atoms with Crippen LogP contribution in [0.25, 0.3) is 0 Å². The van der Waals surface area contributed by atoms with E-state index < -0.39 is 5.41 Å². The van der Waals surface area contributed by atoms with E-state index >= 15 is 0 Å². The quantitative estimate of drug-likeness (QED) is 0.745. The largest absolute Gasteiger partial charge is 0.469 e. The number of hydrogen-bond donors (Lipinski definition) is 1. The van der Waals surface area contributed by atoms with E-state index in [0.29, 0.717) is 18.6 Å². The van der Waals surface area contributed by atoms with Crippen LogP contribution in [0.2, 0.25) is 0 Å². The summed E-state index contributed by atoms with van der Waals surface area (Å²) in [4.78, 5) is 14.2. The molecule has 4 heteroatoms. The van der Waals surface area contributed by atoms with Gasteiger partial charge in [0.1, 0.15) is 0 Å². The minimum Gasteiger partial charge on any atom is -0.469 e. The third-order valence-corrected chi connectivity index (χ3v) is 4.15. The topological polar surface area (TPSA) is 41.6 Å².